The van der Waals surface area contributed by atoms with Gasteiger partial charge >= 0.3 is 0 Å². The maximum absolute atomic E-state index is 3.85. The van der Waals surface area contributed by atoms with Gasteiger partial charge in [-0.15, -0.1) is 11.3 Å². The lowest BCUT2D eigenvalue weighted by Crippen LogP contribution is -2.29. The van der Waals surface area contributed by atoms with Gasteiger partial charge in [-0.05, 0) is 78.2 Å². The van der Waals surface area contributed by atoms with Gasteiger partial charge in [-0.1, -0.05) is 6.92 Å². The largest absolute Gasteiger partial charge is 0.309 e. The van der Waals surface area contributed by atoms with Gasteiger partial charge in [-0.3, -0.25) is 0 Å². The van der Waals surface area contributed by atoms with E-state index in [1.807, 2.05) is 11.3 Å². The molecule has 0 aliphatic heterocycles. The maximum atomic E-state index is 3.85. The molecule has 0 aromatic carbocycles. The van der Waals surface area contributed by atoms with Crippen molar-refractivity contribution < 1.29 is 0 Å². The van der Waals surface area contributed by atoms with Gasteiger partial charge in [0.1, 0.15) is 0 Å². The van der Waals surface area contributed by atoms with Crippen molar-refractivity contribution in [2.24, 2.45) is 5.41 Å². The monoisotopic (exact) mass is 361 g/mol. The summed E-state index contributed by atoms with van der Waals surface area (Å²) in [6, 6.07) is 3.05. The summed E-state index contributed by atoms with van der Waals surface area (Å²) in [5.41, 5.74) is 2.28. The van der Waals surface area contributed by atoms with Gasteiger partial charge in [0.05, 0.1) is 2.88 Å². The van der Waals surface area contributed by atoms with Crippen LogP contribution in [0.25, 0.3) is 0 Å². The van der Waals surface area contributed by atoms with E-state index >= 15 is 0 Å². The summed E-state index contributed by atoms with van der Waals surface area (Å²) in [4.78, 5) is 1.64. The summed E-state index contributed by atoms with van der Waals surface area (Å²) >= 11 is 4.46. The Bertz CT molecular complexity index is 408. The van der Waals surface area contributed by atoms with Crippen LogP contribution in [0.2, 0.25) is 0 Å². The molecule has 1 fully saturated rings. The van der Waals surface area contributed by atoms with Crippen molar-refractivity contribution >= 4 is 33.9 Å². The van der Waals surface area contributed by atoms with Crippen molar-refractivity contribution in [1.29, 1.82) is 0 Å². The second-order valence-corrected chi connectivity index (χ2v) is 8.64. The lowest BCUT2D eigenvalue weighted by atomic mass is 9.93. The molecule has 0 spiro atoms. The highest BCUT2D eigenvalue weighted by atomic mass is 127. The summed E-state index contributed by atoms with van der Waals surface area (Å²) in [5.74, 6) is 0. The van der Waals surface area contributed by atoms with Gasteiger partial charge < -0.3 is 5.32 Å². The number of thiophene rings is 1. The molecule has 1 N–H and O–H groups in total. The summed E-state index contributed by atoms with van der Waals surface area (Å²) < 4.78 is 1.46. The van der Waals surface area contributed by atoms with Crippen LogP contribution < -0.4 is 5.32 Å². The number of rotatable bonds is 4. The molecule has 3 rings (SSSR count). The Morgan fingerprint density at radius 3 is 3.06 bits per heavy atom. The Kier molecular flexibility index (Phi) is 3.52. The predicted octanol–water partition coefficient (Wildman–Crippen LogP) is 4.51. The lowest BCUT2D eigenvalue weighted by Gasteiger charge is -2.26. The van der Waals surface area contributed by atoms with Crippen molar-refractivity contribution in [1.82, 2.24) is 5.32 Å². The zero-order valence-electron chi connectivity index (χ0n) is 10.4. The van der Waals surface area contributed by atoms with Gasteiger partial charge in [0.25, 0.3) is 0 Å². The van der Waals surface area contributed by atoms with E-state index in [0.29, 0.717) is 11.5 Å². The number of nitrogens with one attached hydrogen (secondary N) is 1. The Hall–Kier alpha value is 0.390. The molecule has 1 aromatic rings. The summed E-state index contributed by atoms with van der Waals surface area (Å²) in [6.45, 7) is 3.58. The fourth-order valence-corrected chi connectivity index (χ4v) is 5.02. The van der Waals surface area contributed by atoms with Crippen LogP contribution in [0.3, 0.4) is 0 Å². The number of aryl methyl sites for hydroxylation is 1. The molecule has 0 bridgehead atoms. The van der Waals surface area contributed by atoms with Crippen LogP contribution in [-0.2, 0) is 6.42 Å². The molecule has 1 nitrogen and oxygen atoms in total. The molecular weight excluding hydrogens is 341 g/mol. The third kappa shape index (κ3) is 2.56. The predicted molar refractivity (Wildman–Crippen MR) is 82.7 cm³/mol. The molecule has 17 heavy (non-hydrogen) atoms. The maximum Gasteiger partial charge on any atom is 0.0659 e. The number of hydrogen-bond donors (Lipinski definition) is 1. The molecule has 1 unspecified atom stereocenters. The molecule has 1 atom stereocenters. The SMILES string of the molecule is CCC1(CNC2CCCc3sc(I)cc32)CC1. The standard InChI is InChI=1S/C14H20INS/c1-2-14(6-7-14)9-16-11-4-3-5-12-10(11)8-13(15)17-12/h8,11,16H,2-7,9H2,1H3. The first-order valence-electron chi connectivity index (χ1n) is 6.74. The average Bonchev–Trinajstić information content (AvgIpc) is 3.01. The van der Waals surface area contributed by atoms with Gasteiger partial charge in [0.2, 0.25) is 0 Å². The van der Waals surface area contributed by atoms with E-state index in [0.717, 1.165) is 0 Å². The van der Waals surface area contributed by atoms with E-state index in [4.69, 9.17) is 0 Å². The van der Waals surface area contributed by atoms with E-state index in [-0.39, 0.29) is 0 Å². The van der Waals surface area contributed by atoms with Crippen LogP contribution in [0.5, 0.6) is 0 Å². The first-order valence-corrected chi connectivity index (χ1v) is 8.63. The Morgan fingerprint density at radius 2 is 2.35 bits per heavy atom. The highest BCUT2D eigenvalue weighted by Gasteiger charge is 2.40. The molecule has 1 saturated carbocycles. The molecule has 2 aliphatic carbocycles. The second-order valence-electron chi connectivity index (χ2n) is 5.61. The Labute approximate surface area is 122 Å². The van der Waals surface area contributed by atoms with Crippen molar-refractivity contribution in [3.05, 3.63) is 19.4 Å². The third-order valence-electron chi connectivity index (χ3n) is 4.51. The summed E-state index contributed by atoms with van der Waals surface area (Å²) in [7, 11) is 0. The van der Waals surface area contributed by atoms with E-state index in [1.165, 1.54) is 48.0 Å². The molecule has 3 heteroatoms. The van der Waals surface area contributed by atoms with Crippen molar-refractivity contribution in [3.63, 3.8) is 0 Å². The molecule has 1 aromatic heterocycles. The van der Waals surface area contributed by atoms with Gasteiger partial charge in [0.15, 0.2) is 0 Å². The number of hydrogen-bond acceptors (Lipinski definition) is 2. The zero-order chi connectivity index (χ0) is 11.9. The quantitative estimate of drug-likeness (QED) is 0.778. The topological polar surface area (TPSA) is 12.0 Å². The second kappa shape index (κ2) is 4.82. The number of halogens is 1. The molecule has 94 valence electrons. The Morgan fingerprint density at radius 1 is 1.53 bits per heavy atom. The van der Waals surface area contributed by atoms with Crippen LogP contribution in [0.4, 0.5) is 0 Å². The molecule has 0 amide bonds. The third-order valence-corrected chi connectivity index (χ3v) is 6.49. The molecule has 1 heterocycles. The average molecular weight is 361 g/mol. The molecular formula is C14H20INS. The molecule has 0 radical (unpaired) electrons. The van der Waals surface area contributed by atoms with Crippen molar-refractivity contribution in [2.75, 3.05) is 6.54 Å². The van der Waals surface area contributed by atoms with Crippen LogP contribution in [0, 0.1) is 8.30 Å². The Balaban J connectivity index is 1.68. The van der Waals surface area contributed by atoms with E-state index in [1.54, 1.807) is 10.4 Å². The minimum atomic E-state index is 0.641. The fraction of sp³-hybridized carbons (Fsp3) is 0.714. The van der Waals surface area contributed by atoms with Crippen LogP contribution in [0.1, 0.15) is 55.5 Å². The first-order chi connectivity index (χ1) is 8.22. The smallest absolute Gasteiger partial charge is 0.0659 e. The summed E-state index contributed by atoms with van der Waals surface area (Å²) in [5, 5.41) is 3.85. The van der Waals surface area contributed by atoms with Gasteiger partial charge in [0, 0.05) is 17.5 Å². The zero-order valence-corrected chi connectivity index (χ0v) is 13.4. The molecule has 0 saturated heterocycles. The van der Waals surface area contributed by atoms with Crippen molar-refractivity contribution in [2.45, 2.75) is 51.5 Å². The minimum absolute atomic E-state index is 0.641. The van der Waals surface area contributed by atoms with E-state index in [9.17, 15) is 0 Å². The normalized spacial score (nSPS) is 25.6. The van der Waals surface area contributed by atoms with Gasteiger partial charge in [-0.25, -0.2) is 0 Å². The van der Waals surface area contributed by atoms with Crippen molar-refractivity contribution in [3.8, 4) is 0 Å². The number of fused-ring (bicyclic) bond motifs is 1. The van der Waals surface area contributed by atoms with Crippen LogP contribution >= 0.6 is 33.9 Å². The fourth-order valence-electron chi connectivity index (χ4n) is 2.91. The minimum Gasteiger partial charge on any atom is -0.309 e. The van der Waals surface area contributed by atoms with Crippen LogP contribution in [0.15, 0.2) is 6.07 Å². The highest BCUT2D eigenvalue weighted by molar-refractivity contribution is 14.1. The van der Waals surface area contributed by atoms with E-state index in [2.05, 4.69) is 40.9 Å². The first kappa shape index (κ1) is 12.4. The highest BCUT2D eigenvalue weighted by Crippen LogP contribution is 2.48. The summed E-state index contributed by atoms with van der Waals surface area (Å²) in [6.07, 6.45) is 8.23. The van der Waals surface area contributed by atoms with E-state index < -0.39 is 0 Å². The van der Waals surface area contributed by atoms with Gasteiger partial charge in [-0.2, -0.15) is 0 Å². The lowest BCUT2D eigenvalue weighted by molar-refractivity contribution is 0.380. The molecule has 2 aliphatic rings. The van der Waals surface area contributed by atoms with Crippen LogP contribution in [-0.4, -0.2) is 6.54 Å².